The van der Waals surface area contributed by atoms with Crippen LogP contribution in [0.1, 0.15) is 86.0 Å². The van der Waals surface area contributed by atoms with Crippen LogP contribution in [0.5, 0.6) is 0 Å². The molecule has 16 N–H and O–H groups in total. The van der Waals surface area contributed by atoms with Gasteiger partial charge in [0.25, 0.3) is 0 Å². The van der Waals surface area contributed by atoms with E-state index in [2.05, 4.69) is 16.0 Å². The maximum atomic E-state index is 12.3. The number of hydrogen-bond acceptors (Lipinski definition) is 20. The minimum absolute atomic E-state index is 0.0965. The topological polar surface area (TPSA) is 362 Å². The molecule has 2 aliphatic rings. The molecule has 14 unspecified atom stereocenters. The second kappa shape index (κ2) is 29.1. The van der Waals surface area contributed by atoms with Crippen molar-refractivity contribution in [2.24, 2.45) is 17.2 Å². The van der Waals surface area contributed by atoms with Gasteiger partial charge in [-0.2, -0.15) is 11.8 Å². The van der Waals surface area contributed by atoms with Gasteiger partial charge in [0.05, 0.1) is 61.6 Å². The van der Waals surface area contributed by atoms with Gasteiger partial charge in [0.15, 0.2) is 6.29 Å². The zero-order chi connectivity index (χ0) is 48.2. The summed E-state index contributed by atoms with van der Waals surface area (Å²) in [5, 5.41) is 82.8. The molecule has 376 valence electrons. The molecule has 0 aromatic rings. The van der Waals surface area contributed by atoms with Crippen molar-refractivity contribution in [3.05, 3.63) is 0 Å². The van der Waals surface area contributed by atoms with Crippen LogP contribution in [-0.2, 0) is 42.8 Å². The third-order valence-corrected chi connectivity index (χ3v) is 13.2. The van der Waals surface area contributed by atoms with Crippen molar-refractivity contribution in [3.8, 4) is 0 Å². The highest BCUT2D eigenvalue weighted by molar-refractivity contribution is 7.99. The van der Waals surface area contributed by atoms with Crippen molar-refractivity contribution in [1.82, 2.24) is 16.0 Å². The minimum Gasteiger partial charge on any atom is -0.394 e. The number of aliphatic hydroxyl groups is 7. The molecular weight excluding hydrogens is 865 g/mol. The molecular formula is C41H80N6O16S. The fourth-order valence-electron chi connectivity index (χ4n) is 7.80. The Morgan fingerprint density at radius 1 is 0.781 bits per heavy atom. The molecule has 64 heavy (non-hydrogen) atoms. The molecule has 14 atom stereocenters. The molecule has 0 spiro atoms. The standard InChI is InChI=1S/C41H80N6O16S/c1-7-40(8-2,36-30(42)34(55)32(53)25(62-36)20-60-41(9-3,10-4)37(38(44)57)61-24(19-48)23(5)49)59-21-26-33(54)35(56)31(43)39(63-26)58-17-12-15-46-28(51)13-11-18-64-22-29(52)47-16-14-27(50)45-6/h23-26,30-39,48-49,53-57H,7-22,42-44H2,1-6H3,(H,45,50)(H,46,51)(H,47,52). The lowest BCUT2D eigenvalue weighted by Crippen LogP contribution is -2.69. The zero-order valence-corrected chi connectivity index (χ0v) is 39.2. The summed E-state index contributed by atoms with van der Waals surface area (Å²) in [6.07, 6.45) is -12.9. The van der Waals surface area contributed by atoms with E-state index in [0.717, 1.165) is 0 Å². The van der Waals surface area contributed by atoms with E-state index in [1.807, 2.05) is 13.8 Å². The molecule has 2 heterocycles. The molecule has 2 rings (SSSR count). The molecule has 0 saturated carbocycles. The van der Waals surface area contributed by atoms with Crippen LogP contribution < -0.4 is 33.2 Å². The van der Waals surface area contributed by atoms with Gasteiger partial charge in [-0.05, 0) is 51.2 Å². The van der Waals surface area contributed by atoms with Crippen LogP contribution in [0.3, 0.4) is 0 Å². The fourth-order valence-corrected chi connectivity index (χ4v) is 8.59. The molecule has 0 aliphatic carbocycles. The van der Waals surface area contributed by atoms with Crippen molar-refractivity contribution >= 4 is 29.5 Å². The Balaban J connectivity index is 2.00. The number of rotatable bonds is 31. The SMILES string of the molecule is CCC(CC)(OCC1OC(C(CC)(CC)OCC2OC(OCCCNC(=O)CCCSCC(=O)NCCC(=O)NC)C(N)C(O)C2O)C(N)C(O)C1O)C(OC(CO)C(C)O)C(N)O. The lowest BCUT2D eigenvalue weighted by molar-refractivity contribution is -0.292. The first-order chi connectivity index (χ1) is 30.3. The van der Waals surface area contributed by atoms with Crippen LogP contribution in [0, 0.1) is 0 Å². The normalized spacial score (nSPS) is 28.5. The number of amides is 3. The highest BCUT2D eigenvalue weighted by Crippen LogP contribution is 2.37. The van der Waals surface area contributed by atoms with E-state index in [4.69, 9.17) is 45.6 Å². The lowest BCUT2D eigenvalue weighted by atomic mass is 9.80. The van der Waals surface area contributed by atoms with Gasteiger partial charge in [-0.3, -0.25) is 14.4 Å². The average molecular weight is 945 g/mol. The van der Waals surface area contributed by atoms with Crippen molar-refractivity contribution in [2.45, 2.75) is 183 Å². The number of carbonyl (C=O) groups is 3. The minimum atomic E-state index is -1.59. The van der Waals surface area contributed by atoms with Crippen LogP contribution >= 0.6 is 11.8 Å². The largest absolute Gasteiger partial charge is 0.394 e. The van der Waals surface area contributed by atoms with Crippen LogP contribution in [-0.4, -0.2) is 208 Å². The predicted molar refractivity (Wildman–Crippen MR) is 235 cm³/mol. The van der Waals surface area contributed by atoms with Crippen molar-refractivity contribution in [1.29, 1.82) is 0 Å². The van der Waals surface area contributed by atoms with Gasteiger partial charge in [0.2, 0.25) is 17.7 Å². The van der Waals surface area contributed by atoms with Gasteiger partial charge < -0.3 is 97.3 Å². The van der Waals surface area contributed by atoms with Gasteiger partial charge >= 0.3 is 0 Å². The predicted octanol–water partition coefficient (Wildman–Crippen LogP) is -3.58. The highest BCUT2D eigenvalue weighted by Gasteiger charge is 2.54. The Morgan fingerprint density at radius 2 is 1.38 bits per heavy atom. The highest BCUT2D eigenvalue weighted by atomic mass is 32.2. The van der Waals surface area contributed by atoms with E-state index in [1.54, 1.807) is 13.8 Å². The van der Waals surface area contributed by atoms with Gasteiger partial charge in [0.1, 0.15) is 61.2 Å². The van der Waals surface area contributed by atoms with Gasteiger partial charge in [-0.15, -0.1) is 0 Å². The Hall–Kier alpha value is -1.88. The third-order valence-electron chi connectivity index (χ3n) is 12.2. The summed E-state index contributed by atoms with van der Waals surface area (Å²) >= 11 is 1.39. The van der Waals surface area contributed by atoms with E-state index in [1.165, 1.54) is 25.7 Å². The van der Waals surface area contributed by atoms with Crippen LogP contribution in [0.15, 0.2) is 0 Å². The van der Waals surface area contributed by atoms with Crippen LogP contribution in [0.4, 0.5) is 0 Å². The summed E-state index contributed by atoms with van der Waals surface area (Å²) in [6, 6.07) is -2.26. The van der Waals surface area contributed by atoms with E-state index in [9.17, 15) is 50.1 Å². The van der Waals surface area contributed by atoms with E-state index < -0.39 is 103 Å². The van der Waals surface area contributed by atoms with Gasteiger partial charge in [0, 0.05) is 33.0 Å². The second-order valence-corrected chi connectivity index (χ2v) is 17.5. The second-order valence-electron chi connectivity index (χ2n) is 16.4. The van der Waals surface area contributed by atoms with Gasteiger partial charge in [-0.25, -0.2) is 0 Å². The first-order valence-corrected chi connectivity index (χ1v) is 23.6. The molecule has 2 fully saturated rings. The molecule has 0 aromatic heterocycles. The monoisotopic (exact) mass is 945 g/mol. The number of thioether (sulfide) groups is 1. The number of nitrogens with two attached hydrogens (primary N) is 3. The zero-order valence-electron chi connectivity index (χ0n) is 38.3. The number of aliphatic hydroxyl groups excluding tert-OH is 7. The fraction of sp³-hybridized carbons (Fsp3) is 0.927. The summed E-state index contributed by atoms with van der Waals surface area (Å²) in [6.45, 7) is 8.09. The Morgan fingerprint density at radius 3 is 1.94 bits per heavy atom. The van der Waals surface area contributed by atoms with Gasteiger partial charge in [-0.1, -0.05) is 27.7 Å². The van der Waals surface area contributed by atoms with Crippen molar-refractivity contribution < 1.29 is 78.6 Å². The molecule has 3 amide bonds. The number of carbonyl (C=O) groups excluding carboxylic acids is 3. The summed E-state index contributed by atoms with van der Waals surface area (Å²) in [5.74, 6) is 0.328. The molecule has 22 nitrogen and oxygen atoms in total. The maximum Gasteiger partial charge on any atom is 0.230 e. The molecule has 0 bridgehead atoms. The van der Waals surface area contributed by atoms with Crippen LogP contribution in [0.25, 0.3) is 0 Å². The Kier molecular flexibility index (Phi) is 26.5. The van der Waals surface area contributed by atoms with Crippen LogP contribution in [0.2, 0.25) is 0 Å². The number of nitrogens with one attached hydrogen (secondary N) is 3. The first-order valence-electron chi connectivity index (χ1n) is 22.5. The smallest absolute Gasteiger partial charge is 0.230 e. The van der Waals surface area contributed by atoms with Crippen molar-refractivity contribution in [2.75, 3.05) is 58.1 Å². The Bertz CT molecular complexity index is 1350. The Labute approximate surface area is 381 Å². The van der Waals surface area contributed by atoms with E-state index in [-0.39, 0.29) is 94.9 Å². The molecule has 0 radical (unpaired) electrons. The first kappa shape index (κ1) is 58.2. The lowest BCUT2D eigenvalue weighted by Gasteiger charge is -2.51. The number of ether oxygens (including phenoxy) is 6. The number of hydrogen-bond donors (Lipinski definition) is 13. The maximum absolute atomic E-state index is 12.3. The molecule has 23 heteroatoms. The third kappa shape index (κ3) is 16.7. The molecule has 2 saturated heterocycles. The molecule has 2 aliphatic heterocycles. The summed E-state index contributed by atoms with van der Waals surface area (Å²) in [5.41, 5.74) is 16.1. The van der Waals surface area contributed by atoms with E-state index >= 15 is 0 Å². The molecule has 0 aromatic carbocycles. The summed E-state index contributed by atoms with van der Waals surface area (Å²) in [4.78, 5) is 35.4. The summed E-state index contributed by atoms with van der Waals surface area (Å²) in [7, 11) is 1.53. The van der Waals surface area contributed by atoms with E-state index in [0.29, 0.717) is 18.6 Å². The summed E-state index contributed by atoms with van der Waals surface area (Å²) < 4.78 is 37.0. The average Bonchev–Trinajstić information content (AvgIpc) is 3.27. The van der Waals surface area contributed by atoms with Crippen molar-refractivity contribution in [3.63, 3.8) is 0 Å². The quantitative estimate of drug-likeness (QED) is 0.0236.